The van der Waals surface area contributed by atoms with Crippen LogP contribution in [0.25, 0.3) is 0 Å². The lowest BCUT2D eigenvalue weighted by Crippen LogP contribution is -2.14. The van der Waals surface area contributed by atoms with Crippen LogP contribution >= 0.6 is 0 Å². The van der Waals surface area contributed by atoms with Crippen LogP contribution in [0.15, 0.2) is 0 Å². The number of nitrogens with one attached hydrogen (secondary N) is 1. The summed E-state index contributed by atoms with van der Waals surface area (Å²) in [5.74, 6) is 0.854. The standard InChI is InChI=1S/C9H17N3O/c1-6-7(2)12-9(11-6)8(10)4-5-13-3/h8H,4-5,10H2,1-3H3,(H,11,12). The molecule has 0 saturated heterocycles. The van der Waals surface area contributed by atoms with Gasteiger partial charge >= 0.3 is 0 Å². The van der Waals surface area contributed by atoms with Crippen LogP contribution in [-0.4, -0.2) is 23.7 Å². The van der Waals surface area contributed by atoms with E-state index < -0.39 is 0 Å². The van der Waals surface area contributed by atoms with Gasteiger partial charge < -0.3 is 15.5 Å². The summed E-state index contributed by atoms with van der Waals surface area (Å²) in [5.41, 5.74) is 7.99. The monoisotopic (exact) mass is 183 g/mol. The molecule has 0 aliphatic carbocycles. The highest BCUT2D eigenvalue weighted by atomic mass is 16.5. The van der Waals surface area contributed by atoms with Crippen LogP contribution in [0.5, 0.6) is 0 Å². The second kappa shape index (κ2) is 4.39. The maximum Gasteiger partial charge on any atom is 0.123 e. The normalized spacial score (nSPS) is 13.2. The van der Waals surface area contributed by atoms with Crippen molar-refractivity contribution in [1.29, 1.82) is 0 Å². The molecule has 1 rings (SSSR count). The Labute approximate surface area is 78.5 Å². The highest BCUT2D eigenvalue weighted by molar-refractivity contribution is 5.12. The number of nitrogens with two attached hydrogens (primary N) is 1. The number of rotatable bonds is 4. The minimum absolute atomic E-state index is 0.0487. The highest BCUT2D eigenvalue weighted by Gasteiger charge is 2.10. The number of H-pyrrole nitrogens is 1. The van der Waals surface area contributed by atoms with Gasteiger partial charge in [-0.05, 0) is 20.3 Å². The molecule has 0 bridgehead atoms. The third-order valence-electron chi connectivity index (χ3n) is 2.13. The first-order valence-corrected chi connectivity index (χ1v) is 4.42. The number of methoxy groups -OCH3 is 1. The Morgan fingerprint density at radius 1 is 1.54 bits per heavy atom. The molecule has 1 unspecified atom stereocenters. The van der Waals surface area contributed by atoms with Crippen molar-refractivity contribution in [2.45, 2.75) is 26.3 Å². The molecule has 1 aromatic heterocycles. The van der Waals surface area contributed by atoms with Crippen molar-refractivity contribution in [3.63, 3.8) is 0 Å². The number of aromatic nitrogens is 2. The van der Waals surface area contributed by atoms with Crippen LogP contribution in [0.3, 0.4) is 0 Å². The van der Waals surface area contributed by atoms with E-state index in [9.17, 15) is 0 Å². The van der Waals surface area contributed by atoms with Gasteiger partial charge in [-0.15, -0.1) is 0 Å². The average molecular weight is 183 g/mol. The van der Waals surface area contributed by atoms with Crippen molar-refractivity contribution in [1.82, 2.24) is 9.97 Å². The fourth-order valence-electron chi connectivity index (χ4n) is 1.13. The summed E-state index contributed by atoms with van der Waals surface area (Å²) in [6.07, 6.45) is 0.795. The topological polar surface area (TPSA) is 63.9 Å². The fourth-order valence-corrected chi connectivity index (χ4v) is 1.13. The van der Waals surface area contributed by atoms with E-state index in [1.807, 2.05) is 13.8 Å². The smallest absolute Gasteiger partial charge is 0.123 e. The summed E-state index contributed by atoms with van der Waals surface area (Å²) in [6, 6.07) is -0.0487. The number of aryl methyl sites for hydroxylation is 2. The lowest BCUT2D eigenvalue weighted by Gasteiger charge is -2.06. The zero-order chi connectivity index (χ0) is 9.84. The van der Waals surface area contributed by atoms with Crippen LogP contribution < -0.4 is 5.73 Å². The summed E-state index contributed by atoms with van der Waals surface area (Å²) >= 11 is 0. The van der Waals surface area contributed by atoms with E-state index in [1.54, 1.807) is 7.11 Å². The molecule has 3 N–H and O–H groups in total. The van der Waals surface area contributed by atoms with Crippen LogP contribution in [0.1, 0.15) is 29.7 Å². The van der Waals surface area contributed by atoms with Gasteiger partial charge in [-0.25, -0.2) is 4.98 Å². The van der Waals surface area contributed by atoms with Gasteiger partial charge in [0, 0.05) is 19.4 Å². The lowest BCUT2D eigenvalue weighted by atomic mass is 10.2. The second-order valence-corrected chi connectivity index (χ2v) is 3.22. The van der Waals surface area contributed by atoms with Crippen molar-refractivity contribution in [3.8, 4) is 0 Å². The Kier molecular flexibility index (Phi) is 3.45. The molecule has 0 amide bonds. The minimum atomic E-state index is -0.0487. The van der Waals surface area contributed by atoms with Crippen LogP contribution in [0, 0.1) is 13.8 Å². The largest absolute Gasteiger partial charge is 0.385 e. The average Bonchev–Trinajstić information content (AvgIpc) is 2.43. The first kappa shape index (κ1) is 10.2. The van der Waals surface area contributed by atoms with Gasteiger partial charge in [0.05, 0.1) is 11.7 Å². The van der Waals surface area contributed by atoms with Crippen LogP contribution in [-0.2, 0) is 4.74 Å². The van der Waals surface area contributed by atoms with E-state index in [4.69, 9.17) is 10.5 Å². The molecule has 13 heavy (non-hydrogen) atoms. The number of nitrogens with zero attached hydrogens (tertiary/aromatic N) is 1. The van der Waals surface area contributed by atoms with E-state index in [2.05, 4.69) is 9.97 Å². The predicted molar refractivity (Wildman–Crippen MR) is 51.5 cm³/mol. The molecule has 4 heteroatoms. The second-order valence-electron chi connectivity index (χ2n) is 3.22. The van der Waals surface area contributed by atoms with E-state index in [1.165, 1.54) is 0 Å². The van der Waals surface area contributed by atoms with Gasteiger partial charge in [0.15, 0.2) is 0 Å². The molecule has 4 nitrogen and oxygen atoms in total. The summed E-state index contributed by atoms with van der Waals surface area (Å²) in [7, 11) is 1.67. The van der Waals surface area contributed by atoms with Crippen LogP contribution in [0.4, 0.5) is 0 Å². The van der Waals surface area contributed by atoms with Gasteiger partial charge in [0.2, 0.25) is 0 Å². The van der Waals surface area contributed by atoms with Crippen molar-refractivity contribution in [3.05, 3.63) is 17.2 Å². The molecule has 0 fully saturated rings. The van der Waals surface area contributed by atoms with E-state index >= 15 is 0 Å². The number of ether oxygens (including phenoxy) is 1. The molecule has 0 aliphatic heterocycles. The Bertz CT molecular complexity index is 250. The van der Waals surface area contributed by atoms with Gasteiger partial charge in [0.25, 0.3) is 0 Å². The van der Waals surface area contributed by atoms with Gasteiger partial charge in [-0.3, -0.25) is 0 Å². The molecular formula is C9H17N3O. The Morgan fingerprint density at radius 2 is 2.23 bits per heavy atom. The fraction of sp³-hybridized carbons (Fsp3) is 0.667. The minimum Gasteiger partial charge on any atom is -0.385 e. The van der Waals surface area contributed by atoms with E-state index in [0.717, 1.165) is 23.6 Å². The molecule has 0 aliphatic rings. The molecule has 74 valence electrons. The zero-order valence-corrected chi connectivity index (χ0v) is 8.42. The predicted octanol–water partition coefficient (Wildman–Crippen LogP) is 1.06. The summed E-state index contributed by atoms with van der Waals surface area (Å²) in [4.78, 5) is 7.49. The maximum absolute atomic E-state index is 5.89. The number of hydrogen-bond acceptors (Lipinski definition) is 3. The Hall–Kier alpha value is -0.870. The third kappa shape index (κ3) is 2.54. The number of hydrogen-bond donors (Lipinski definition) is 2. The number of imidazole rings is 1. The highest BCUT2D eigenvalue weighted by Crippen LogP contribution is 2.12. The van der Waals surface area contributed by atoms with Gasteiger partial charge in [-0.2, -0.15) is 0 Å². The molecule has 1 heterocycles. The Balaban J connectivity index is 2.60. The summed E-state index contributed by atoms with van der Waals surface area (Å²) in [5, 5.41) is 0. The third-order valence-corrected chi connectivity index (χ3v) is 2.13. The molecule has 0 saturated carbocycles. The Morgan fingerprint density at radius 3 is 2.69 bits per heavy atom. The molecular weight excluding hydrogens is 166 g/mol. The van der Waals surface area contributed by atoms with Crippen molar-refractivity contribution >= 4 is 0 Å². The SMILES string of the molecule is COCCC(N)c1nc(C)c(C)[nH]1. The van der Waals surface area contributed by atoms with E-state index in [0.29, 0.717) is 6.61 Å². The van der Waals surface area contributed by atoms with Crippen LogP contribution in [0.2, 0.25) is 0 Å². The summed E-state index contributed by atoms with van der Waals surface area (Å²) < 4.78 is 4.95. The van der Waals surface area contributed by atoms with Gasteiger partial charge in [0.1, 0.15) is 5.82 Å². The molecule has 0 radical (unpaired) electrons. The van der Waals surface area contributed by atoms with E-state index in [-0.39, 0.29) is 6.04 Å². The first-order valence-electron chi connectivity index (χ1n) is 4.42. The first-order chi connectivity index (χ1) is 6.15. The quantitative estimate of drug-likeness (QED) is 0.733. The molecule has 1 aromatic rings. The zero-order valence-electron chi connectivity index (χ0n) is 8.42. The molecule has 0 aromatic carbocycles. The van der Waals surface area contributed by atoms with Crippen molar-refractivity contribution in [2.24, 2.45) is 5.73 Å². The maximum atomic E-state index is 5.89. The molecule has 0 spiro atoms. The van der Waals surface area contributed by atoms with Gasteiger partial charge in [-0.1, -0.05) is 0 Å². The van der Waals surface area contributed by atoms with Crippen molar-refractivity contribution in [2.75, 3.05) is 13.7 Å². The van der Waals surface area contributed by atoms with Crippen molar-refractivity contribution < 1.29 is 4.74 Å². The lowest BCUT2D eigenvalue weighted by molar-refractivity contribution is 0.187. The molecule has 1 atom stereocenters. The summed E-state index contributed by atoms with van der Waals surface area (Å²) in [6.45, 7) is 4.63. The number of aromatic amines is 1.